The number of rotatable bonds is 6. The lowest BCUT2D eigenvalue weighted by atomic mass is 10.3. The molecule has 0 amide bonds. The quantitative estimate of drug-likeness (QED) is 0.480. The Kier molecular flexibility index (Phi) is 5.11. The van der Waals surface area contributed by atoms with Crippen molar-refractivity contribution in [2.24, 2.45) is 0 Å². The molecule has 1 heterocycles. The molecule has 6 nitrogen and oxygen atoms in total. The van der Waals surface area contributed by atoms with Crippen molar-refractivity contribution in [3.8, 4) is 0 Å². The van der Waals surface area contributed by atoms with Crippen LogP contribution in [0.3, 0.4) is 0 Å². The third kappa shape index (κ3) is 4.54. The molecule has 0 saturated heterocycles. The number of hydrogen-bond donors (Lipinski definition) is 1. The van der Waals surface area contributed by atoms with Gasteiger partial charge < -0.3 is 10.2 Å². The smallest absolute Gasteiger partial charge is 0.289 e. The van der Waals surface area contributed by atoms with E-state index in [0.29, 0.717) is 5.82 Å². The fourth-order valence-electron chi connectivity index (χ4n) is 1.26. The zero-order valence-corrected chi connectivity index (χ0v) is 10.6. The van der Waals surface area contributed by atoms with Crippen LogP contribution in [0, 0.1) is 10.1 Å². The summed E-state index contributed by atoms with van der Waals surface area (Å²) in [5.74, 6) is 0.482. The van der Waals surface area contributed by atoms with E-state index < -0.39 is 4.92 Å². The molecule has 0 aliphatic heterocycles. The first kappa shape index (κ1) is 13.7. The van der Waals surface area contributed by atoms with E-state index in [1.54, 1.807) is 0 Å². The molecule has 17 heavy (non-hydrogen) atoms. The van der Waals surface area contributed by atoms with Gasteiger partial charge in [0.15, 0.2) is 0 Å². The summed E-state index contributed by atoms with van der Waals surface area (Å²) in [6.07, 6.45) is 2.14. The number of anilines is 1. The Hall–Kier alpha value is -1.40. The zero-order valence-electron chi connectivity index (χ0n) is 9.81. The minimum atomic E-state index is -0.519. The summed E-state index contributed by atoms with van der Waals surface area (Å²) in [6.45, 7) is 1.68. The summed E-state index contributed by atoms with van der Waals surface area (Å²) in [5, 5.41) is 13.8. The number of halogens is 1. The molecule has 7 heteroatoms. The topological polar surface area (TPSA) is 71.3 Å². The van der Waals surface area contributed by atoms with Crippen LogP contribution < -0.4 is 5.32 Å². The maximum Gasteiger partial charge on any atom is 0.289 e. The average molecular weight is 259 g/mol. The van der Waals surface area contributed by atoms with Crippen LogP contribution in [-0.2, 0) is 0 Å². The predicted molar refractivity (Wildman–Crippen MR) is 67.6 cm³/mol. The highest BCUT2D eigenvalue weighted by Gasteiger charge is 2.10. The van der Waals surface area contributed by atoms with Crippen molar-refractivity contribution in [1.82, 2.24) is 9.88 Å². The first-order valence-electron chi connectivity index (χ1n) is 5.19. The van der Waals surface area contributed by atoms with Gasteiger partial charge in [0.2, 0.25) is 0 Å². The second-order valence-corrected chi connectivity index (χ2v) is 4.27. The van der Waals surface area contributed by atoms with Gasteiger partial charge in [-0.15, -0.1) is 0 Å². The predicted octanol–water partition coefficient (Wildman–Crippen LogP) is 2.01. The SMILES string of the molecule is CN(C)CCCNc1ncc([N+](=O)[O-])cc1Cl. The lowest BCUT2D eigenvalue weighted by Crippen LogP contribution is -2.16. The maximum atomic E-state index is 10.5. The van der Waals surface area contributed by atoms with Crippen molar-refractivity contribution < 1.29 is 4.92 Å². The molecule has 0 atom stereocenters. The molecule has 0 fully saturated rings. The molecule has 0 saturated carbocycles. The molecule has 0 spiro atoms. The van der Waals surface area contributed by atoms with Gasteiger partial charge in [-0.3, -0.25) is 10.1 Å². The summed E-state index contributed by atoms with van der Waals surface area (Å²) in [6, 6.07) is 1.29. The van der Waals surface area contributed by atoms with Gasteiger partial charge in [-0.25, -0.2) is 4.98 Å². The maximum absolute atomic E-state index is 10.5. The van der Waals surface area contributed by atoms with E-state index in [9.17, 15) is 10.1 Å². The van der Waals surface area contributed by atoms with Crippen molar-refractivity contribution in [2.45, 2.75) is 6.42 Å². The average Bonchev–Trinajstić information content (AvgIpc) is 2.25. The molecule has 0 unspecified atom stereocenters. The molecule has 1 rings (SSSR count). The van der Waals surface area contributed by atoms with Gasteiger partial charge in [-0.1, -0.05) is 11.6 Å². The number of hydrogen-bond acceptors (Lipinski definition) is 5. The first-order chi connectivity index (χ1) is 8.00. The van der Waals surface area contributed by atoms with E-state index in [2.05, 4.69) is 15.2 Å². The number of nitrogens with one attached hydrogen (secondary N) is 1. The molecule has 1 aromatic rings. The van der Waals surface area contributed by atoms with Crippen molar-refractivity contribution in [1.29, 1.82) is 0 Å². The molecule has 0 aliphatic carbocycles. The van der Waals surface area contributed by atoms with E-state index >= 15 is 0 Å². The molecule has 0 aliphatic rings. The molecule has 1 N–H and O–H groups in total. The second-order valence-electron chi connectivity index (χ2n) is 3.86. The molecule has 0 bridgehead atoms. The fraction of sp³-hybridized carbons (Fsp3) is 0.500. The summed E-state index contributed by atoms with van der Waals surface area (Å²) >= 11 is 5.88. The fourth-order valence-corrected chi connectivity index (χ4v) is 1.49. The van der Waals surface area contributed by atoms with E-state index in [-0.39, 0.29) is 10.7 Å². The monoisotopic (exact) mass is 258 g/mol. The van der Waals surface area contributed by atoms with Crippen LogP contribution in [0.15, 0.2) is 12.3 Å². The van der Waals surface area contributed by atoms with Gasteiger partial charge in [-0.2, -0.15) is 0 Å². The third-order valence-corrected chi connectivity index (χ3v) is 2.40. The lowest BCUT2D eigenvalue weighted by Gasteiger charge is -2.10. The molecular weight excluding hydrogens is 244 g/mol. The summed E-state index contributed by atoms with van der Waals surface area (Å²) < 4.78 is 0. The van der Waals surface area contributed by atoms with Gasteiger partial charge in [0.25, 0.3) is 5.69 Å². The van der Waals surface area contributed by atoms with Crippen molar-refractivity contribution in [2.75, 3.05) is 32.5 Å². The van der Waals surface area contributed by atoms with Crippen molar-refractivity contribution >= 4 is 23.1 Å². The molecule has 94 valence electrons. The summed E-state index contributed by atoms with van der Waals surface area (Å²) in [4.78, 5) is 16.0. The zero-order chi connectivity index (χ0) is 12.8. The Morgan fingerprint density at radius 3 is 2.82 bits per heavy atom. The van der Waals surface area contributed by atoms with Gasteiger partial charge in [0.05, 0.1) is 9.95 Å². The van der Waals surface area contributed by atoms with Gasteiger partial charge in [-0.05, 0) is 27.1 Å². The molecular formula is C10H15ClN4O2. The van der Waals surface area contributed by atoms with Crippen LogP contribution in [0.4, 0.5) is 11.5 Å². The highest BCUT2D eigenvalue weighted by Crippen LogP contribution is 2.23. The van der Waals surface area contributed by atoms with Gasteiger partial charge >= 0.3 is 0 Å². The Morgan fingerprint density at radius 1 is 1.59 bits per heavy atom. The summed E-state index contributed by atoms with van der Waals surface area (Å²) in [5.41, 5.74) is -0.103. The number of nitro groups is 1. The Balaban J connectivity index is 2.52. The van der Waals surface area contributed by atoms with Crippen LogP contribution >= 0.6 is 11.6 Å². The highest BCUT2D eigenvalue weighted by molar-refractivity contribution is 6.33. The van der Waals surface area contributed by atoms with Gasteiger partial charge in [0, 0.05) is 12.6 Å². The van der Waals surface area contributed by atoms with E-state index in [0.717, 1.165) is 19.5 Å². The normalized spacial score (nSPS) is 10.6. The number of pyridine rings is 1. The van der Waals surface area contributed by atoms with E-state index in [4.69, 9.17) is 11.6 Å². The van der Waals surface area contributed by atoms with Crippen molar-refractivity contribution in [3.05, 3.63) is 27.4 Å². The van der Waals surface area contributed by atoms with Crippen LogP contribution in [0.5, 0.6) is 0 Å². The molecule has 0 aromatic carbocycles. The van der Waals surface area contributed by atoms with E-state index in [1.165, 1.54) is 12.3 Å². The minimum Gasteiger partial charge on any atom is -0.369 e. The van der Waals surface area contributed by atoms with Gasteiger partial charge in [0.1, 0.15) is 12.0 Å². The number of aromatic nitrogens is 1. The van der Waals surface area contributed by atoms with E-state index in [1.807, 2.05) is 14.1 Å². The Morgan fingerprint density at radius 2 is 2.29 bits per heavy atom. The first-order valence-corrected chi connectivity index (χ1v) is 5.57. The largest absolute Gasteiger partial charge is 0.369 e. The van der Waals surface area contributed by atoms with Crippen LogP contribution in [-0.4, -0.2) is 42.0 Å². The standard InChI is InChI=1S/C10H15ClN4O2/c1-14(2)5-3-4-12-10-9(11)6-8(7-13-10)15(16)17/h6-7H,3-5H2,1-2H3,(H,12,13). The van der Waals surface area contributed by atoms with Crippen LogP contribution in [0.25, 0.3) is 0 Å². The van der Waals surface area contributed by atoms with Crippen LogP contribution in [0.2, 0.25) is 5.02 Å². The van der Waals surface area contributed by atoms with Crippen LogP contribution in [0.1, 0.15) is 6.42 Å². The second kappa shape index (κ2) is 6.36. The highest BCUT2D eigenvalue weighted by atomic mass is 35.5. The Labute approximate surface area is 105 Å². The molecule has 0 radical (unpaired) electrons. The lowest BCUT2D eigenvalue weighted by molar-refractivity contribution is -0.385. The Bertz CT molecular complexity index is 398. The van der Waals surface area contributed by atoms with Crippen molar-refractivity contribution in [3.63, 3.8) is 0 Å². The third-order valence-electron chi connectivity index (χ3n) is 2.11. The minimum absolute atomic E-state index is 0.103. The number of nitrogens with zero attached hydrogens (tertiary/aromatic N) is 3. The molecule has 1 aromatic heterocycles. The summed E-state index contributed by atoms with van der Waals surface area (Å²) in [7, 11) is 3.99.